The van der Waals surface area contributed by atoms with Gasteiger partial charge < -0.3 is 10.6 Å². The summed E-state index contributed by atoms with van der Waals surface area (Å²) in [6.45, 7) is 1.58. The molecule has 0 saturated carbocycles. The molecule has 2 unspecified atom stereocenters. The zero-order chi connectivity index (χ0) is 12.0. The van der Waals surface area contributed by atoms with Crippen molar-refractivity contribution in [1.29, 1.82) is 0 Å². The fraction of sp³-hybridized carbons (Fsp3) is 0.385. The second-order valence-corrected chi connectivity index (χ2v) is 4.75. The Morgan fingerprint density at radius 3 is 2.53 bits per heavy atom. The quantitative estimate of drug-likeness (QED) is 0.711. The van der Waals surface area contributed by atoms with Crippen molar-refractivity contribution in [2.75, 3.05) is 23.7 Å². The molecule has 17 heavy (non-hydrogen) atoms. The Kier molecular flexibility index (Phi) is 2.18. The molecule has 3 rings (SSSR count). The predicted molar refractivity (Wildman–Crippen MR) is 67.9 cm³/mol. The lowest BCUT2D eigenvalue weighted by Crippen LogP contribution is -2.48. The van der Waals surface area contributed by atoms with Crippen LogP contribution in [0.15, 0.2) is 33.9 Å². The van der Waals surface area contributed by atoms with Gasteiger partial charge in [0.05, 0.1) is 0 Å². The van der Waals surface area contributed by atoms with Gasteiger partial charge in [0.15, 0.2) is 0 Å². The van der Waals surface area contributed by atoms with E-state index in [4.69, 9.17) is 5.73 Å². The molecule has 0 spiro atoms. The summed E-state index contributed by atoms with van der Waals surface area (Å²) in [7, 11) is 0. The largest absolute Gasteiger partial charge is 0.394 e. The summed E-state index contributed by atoms with van der Waals surface area (Å²) >= 11 is 0. The van der Waals surface area contributed by atoms with E-state index in [0.29, 0.717) is 17.5 Å². The van der Waals surface area contributed by atoms with Gasteiger partial charge in [-0.1, -0.05) is 24.3 Å². The minimum absolute atomic E-state index is 0.142. The second kappa shape index (κ2) is 3.58. The van der Waals surface area contributed by atoms with Crippen molar-refractivity contribution in [3.63, 3.8) is 0 Å². The summed E-state index contributed by atoms with van der Waals surface area (Å²) in [4.78, 5) is 24.5. The zero-order valence-electron chi connectivity index (χ0n) is 9.43. The van der Waals surface area contributed by atoms with Crippen molar-refractivity contribution in [3.8, 4) is 0 Å². The first-order chi connectivity index (χ1) is 8.18. The molecule has 2 aliphatic rings. The molecule has 0 amide bonds. The summed E-state index contributed by atoms with van der Waals surface area (Å²) < 4.78 is 0. The first-order valence-electron chi connectivity index (χ1n) is 5.87. The molecule has 0 aromatic heterocycles. The molecule has 2 atom stereocenters. The number of rotatable bonds is 1. The first kappa shape index (κ1) is 10.3. The Labute approximate surface area is 98.7 Å². The van der Waals surface area contributed by atoms with Gasteiger partial charge in [-0.05, 0) is 12.3 Å². The van der Waals surface area contributed by atoms with E-state index in [-0.39, 0.29) is 5.69 Å². The minimum Gasteiger partial charge on any atom is -0.394 e. The molecule has 4 nitrogen and oxygen atoms in total. The lowest BCUT2D eigenvalue weighted by molar-refractivity contribution is 0.387. The number of nitrogens with zero attached hydrogens (tertiary/aromatic N) is 1. The van der Waals surface area contributed by atoms with Crippen molar-refractivity contribution in [2.45, 2.75) is 6.42 Å². The highest BCUT2D eigenvalue weighted by atomic mass is 16.2. The third-order valence-electron chi connectivity index (χ3n) is 3.78. The van der Waals surface area contributed by atoms with Crippen LogP contribution in [-0.4, -0.2) is 13.1 Å². The van der Waals surface area contributed by atoms with Crippen molar-refractivity contribution < 1.29 is 0 Å². The monoisotopic (exact) mass is 230 g/mol. The van der Waals surface area contributed by atoms with Crippen molar-refractivity contribution in [2.24, 2.45) is 11.8 Å². The minimum atomic E-state index is -0.527. The van der Waals surface area contributed by atoms with Crippen LogP contribution < -0.4 is 21.5 Å². The third-order valence-corrected chi connectivity index (χ3v) is 3.78. The van der Waals surface area contributed by atoms with Gasteiger partial charge in [0.25, 0.3) is 10.9 Å². The molecular formula is C13H14N2O2. The van der Waals surface area contributed by atoms with E-state index in [0.717, 1.165) is 19.5 Å². The molecule has 1 aromatic rings. The van der Waals surface area contributed by atoms with Crippen LogP contribution in [-0.2, 0) is 0 Å². The van der Waals surface area contributed by atoms with Gasteiger partial charge in [0, 0.05) is 19.0 Å². The van der Waals surface area contributed by atoms with E-state index in [1.54, 1.807) is 0 Å². The highest BCUT2D eigenvalue weighted by molar-refractivity contribution is 5.72. The molecular weight excluding hydrogens is 216 g/mol. The summed E-state index contributed by atoms with van der Waals surface area (Å²) in [5.41, 5.74) is 5.23. The Bertz CT molecular complexity index is 578. The number of nitrogens with two attached hydrogens (primary N) is 1. The SMILES string of the molecule is Nc1c(N2CCC3C=CC=CC3C2)c(=O)c1=O. The number of nitrogen functional groups attached to an aromatic ring is 1. The van der Waals surface area contributed by atoms with Crippen LogP contribution >= 0.6 is 0 Å². The average molecular weight is 230 g/mol. The Morgan fingerprint density at radius 1 is 1.12 bits per heavy atom. The van der Waals surface area contributed by atoms with Crippen LogP contribution in [0.1, 0.15) is 6.42 Å². The van der Waals surface area contributed by atoms with Crippen LogP contribution in [0.2, 0.25) is 0 Å². The van der Waals surface area contributed by atoms with Gasteiger partial charge in [0.1, 0.15) is 11.4 Å². The van der Waals surface area contributed by atoms with Gasteiger partial charge in [-0.25, -0.2) is 0 Å². The van der Waals surface area contributed by atoms with Crippen LogP contribution in [0.25, 0.3) is 0 Å². The molecule has 88 valence electrons. The number of allylic oxidation sites excluding steroid dienone is 3. The zero-order valence-corrected chi connectivity index (χ0v) is 9.43. The summed E-state index contributed by atoms with van der Waals surface area (Å²) in [6, 6.07) is 0. The Balaban J connectivity index is 1.84. The molecule has 1 aliphatic carbocycles. The van der Waals surface area contributed by atoms with Gasteiger partial charge in [-0.2, -0.15) is 0 Å². The molecule has 4 heteroatoms. The maximum atomic E-state index is 11.5. The molecule has 2 N–H and O–H groups in total. The Morgan fingerprint density at radius 2 is 1.82 bits per heavy atom. The molecule has 0 bridgehead atoms. The average Bonchev–Trinajstić information content (AvgIpc) is 2.38. The first-order valence-corrected chi connectivity index (χ1v) is 5.87. The molecule has 1 aliphatic heterocycles. The van der Waals surface area contributed by atoms with Crippen LogP contribution in [0.5, 0.6) is 0 Å². The summed E-state index contributed by atoms with van der Waals surface area (Å²) in [5.74, 6) is 0.988. The molecule has 1 saturated heterocycles. The number of piperidine rings is 1. The van der Waals surface area contributed by atoms with Crippen molar-refractivity contribution in [1.82, 2.24) is 0 Å². The maximum Gasteiger partial charge on any atom is 0.253 e. The normalized spacial score (nSPS) is 27.4. The highest BCUT2D eigenvalue weighted by Crippen LogP contribution is 2.31. The fourth-order valence-electron chi connectivity index (χ4n) is 2.77. The smallest absolute Gasteiger partial charge is 0.253 e. The standard InChI is InChI=1S/C13H14N2O2/c14-10-11(13(17)12(10)16)15-6-5-8-3-1-2-4-9(8)7-15/h1-4,8-9H,5-7,14H2. The fourth-order valence-corrected chi connectivity index (χ4v) is 2.77. The predicted octanol–water partition coefficient (Wildman–Crippen LogP) is 0.433. The molecule has 1 fully saturated rings. The van der Waals surface area contributed by atoms with Crippen molar-refractivity contribution in [3.05, 3.63) is 44.8 Å². The van der Waals surface area contributed by atoms with Crippen LogP contribution in [0.3, 0.4) is 0 Å². The van der Waals surface area contributed by atoms with E-state index in [1.807, 2.05) is 11.0 Å². The van der Waals surface area contributed by atoms with E-state index in [1.165, 1.54) is 0 Å². The van der Waals surface area contributed by atoms with E-state index in [2.05, 4.69) is 18.2 Å². The van der Waals surface area contributed by atoms with Gasteiger partial charge in [0.2, 0.25) is 0 Å². The van der Waals surface area contributed by atoms with Gasteiger partial charge in [-0.15, -0.1) is 0 Å². The van der Waals surface area contributed by atoms with Crippen molar-refractivity contribution >= 4 is 11.4 Å². The van der Waals surface area contributed by atoms with E-state index < -0.39 is 10.9 Å². The maximum absolute atomic E-state index is 11.5. The lowest BCUT2D eigenvalue weighted by atomic mass is 9.82. The molecule has 1 aromatic carbocycles. The molecule has 0 radical (unpaired) electrons. The summed E-state index contributed by atoms with van der Waals surface area (Å²) in [5, 5.41) is 0. The third kappa shape index (κ3) is 1.44. The number of hydrogen-bond donors (Lipinski definition) is 1. The molecule has 1 heterocycles. The Hall–Kier alpha value is -1.84. The lowest BCUT2D eigenvalue weighted by Gasteiger charge is -2.38. The van der Waals surface area contributed by atoms with E-state index >= 15 is 0 Å². The number of hydrogen-bond acceptors (Lipinski definition) is 4. The topological polar surface area (TPSA) is 63.4 Å². The number of anilines is 2. The van der Waals surface area contributed by atoms with Gasteiger partial charge >= 0.3 is 0 Å². The van der Waals surface area contributed by atoms with Crippen LogP contribution in [0, 0.1) is 11.8 Å². The second-order valence-electron chi connectivity index (χ2n) is 4.75. The number of fused-ring (bicyclic) bond motifs is 1. The van der Waals surface area contributed by atoms with Gasteiger partial charge in [-0.3, -0.25) is 9.59 Å². The van der Waals surface area contributed by atoms with Crippen LogP contribution in [0.4, 0.5) is 11.4 Å². The summed E-state index contributed by atoms with van der Waals surface area (Å²) in [6.07, 6.45) is 9.49. The highest BCUT2D eigenvalue weighted by Gasteiger charge is 2.31. The van der Waals surface area contributed by atoms with E-state index in [9.17, 15) is 9.59 Å².